The van der Waals surface area contributed by atoms with Crippen molar-refractivity contribution in [3.63, 3.8) is 0 Å². The monoisotopic (exact) mass is 340 g/mol. The van der Waals surface area contributed by atoms with Crippen LogP contribution in [-0.4, -0.2) is 36.5 Å². The van der Waals surface area contributed by atoms with E-state index in [1.807, 2.05) is 24.3 Å². The Kier molecular flexibility index (Phi) is 5.14. The summed E-state index contributed by atoms with van der Waals surface area (Å²) in [5.41, 5.74) is 6.20. The second-order valence-corrected chi connectivity index (χ2v) is 5.76. The van der Waals surface area contributed by atoms with Crippen LogP contribution in [0.3, 0.4) is 0 Å². The van der Waals surface area contributed by atoms with Gasteiger partial charge >= 0.3 is 0 Å². The Bertz CT molecular complexity index is 484. The summed E-state index contributed by atoms with van der Waals surface area (Å²) in [6.07, 6.45) is 0.703. The fourth-order valence-corrected chi connectivity index (χ4v) is 2.46. The topological polar surface area (TPSA) is 72.6 Å². The molecule has 0 bridgehead atoms. The Hall–Kier alpha value is -1.40. The lowest BCUT2D eigenvalue weighted by Gasteiger charge is -2.24. The first-order valence-corrected chi connectivity index (χ1v) is 7.25. The number of nitrogens with zero attached hydrogens (tertiary/aromatic N) is 1. The van der Waals surface area contributed by atoms with Gasteiger partial charge in [-0.2, -0.15) is 0 Å². The molecule has 0 radical (unpaired) electrons. The summed E-state index contributed by atoms with van der Waals surface area (Å²) in [5, 5.41) is 0. The highest BCUT2D eigenvalue weighted by molar-refractivity contribution is 9.10. The van der Waals surface area contributed by atoms with Crippen LogP contribution in [-0.2, 0) is 20.9 Å². The maximum absolute atomic E-state index is 12.4. The van der Waals surface area contributed by atoms with Gasteiger partial charge in [-0.3, -0.25) is 9.59 Å². The van der Waals surface area contributed by atoms with Gasteiger partial charge in [-0.15, -0.1) is 0 Å². The molecule has 6 heteroatoms. The average molecular weight is 341 g/mol. The molecule has 1 fully saturated rings. The molecular formula is C14H17BrN2O3. The Balaban J connectivity index is 2.08. The van der Waals surface area contributed by atoms with Crippen LogP contribution in [0.25, 0.3) is 0 Å². The van der Waals surface area contributed by atoms with E-state index in [1.54, 1.807) is 0 Å². The maximum Gasteiger partial charge on any atom is 0.237 e. The number of hydrogen-bond donors (Lipinski definition) is 1. The first-order chi connectivity index (χ1) is 9.56. The standard InChI is InChI=1S/C14H17BrN2O3/c15-12-3-1-10(2-4-12)7-17(8-13(16)18)14(19)11-5-6-20-9-11/h1-4,11H,5-9H2,(H2,16,18)/t11-/m1/s1. The molecule has 2 amide bonds. The van der Waals surface area contributed by atoms with E-state index in [0.29, 0.717) is 26.2 Å². The van der Waals surface area contributed by atoms with Gasteiger partial charge in [-0.25, -0.2) is 0 Å². The molecule has 1 aromatic rings. The van der Waals surface area contributed by atoms with E-state index in [2.05, 4.69) is 15.9 Å². The molecule has 108 valence electrons. The molecule has 1 atom stereocenters. The lowest BCUT2D eigenvalue weighted by atomic mass is 10.1. The number of rotatable bonds is 5. The normalized spacial score (nSPS) is 17.9. The lowest BCUT2D eigenvalue weighted by molar-refractivity contribution is -0.139. The summed E-state index contributed by atoms with van der Waals surface area (Å²) in [4.78, 5) is 25.0. The number of halogens is 1. The average Bonchev–Trinajstić information content (AvgIpc) is 2.93. The summed E-state index contributed by atoms with van der Waals surface area (Å²) >= 11 is 3.36. The van der Waals surface area contributed by atoms with Crippen LogP contribution in [0.4, 0.5) is 0 Å². The number of nitrogens with two attached hydrogens (primary N) is 1. The number of carbonyl (C=O) groups is 2. The van der Waals surface area contributed by atoms with Crippen molar-refractivity contribution in [2.45, 2.75) is 13.0 Å². The minimum absolute atomic E-state index is 0.0641. The highest BCUT2D eigenvalue weighted by atomic mass is 79.9. The third kappa shape index (κ3) is 4.05. The van der Waals surface area contributed by atoms with E-state index in [-0.39, 0.29) is 18.4 Å². The van der Waals surface area contributed by atoms with Gasteiger partial charge in [-0.1, -0.05) is 28.1 Å². The fraction of sp³-hybridized carbons (Fsp3) is 0.429. The molecular weight excluding hydrogens is 324 g/mol. The molecule has 0 aromatic heterocycles. The fourth-order valence-electron chi connectivity index (χ4n) is 2.20. The third-order valence-corrected chi connectivity index (χ3v) is 3.75. The third-order valence-electron chi connectivity index (χ3n) is 3.22. The van der Waals surface area contributed by atoms with E-state index < -0.39 is 5.91 Å². The van der Waals surface area contributed by atoms with E-state index in [4.69, 9.17) is 10.5 Å². The van der Waals surface area contributed by atoms with E-state index in [0.717, 1.165) is 10.0 Å². The number of hydrogen-bond acceptors (Lipinski definition) is 3. The molecule has 20 heavy (non-hydrogen) atoms. The quantitative estimate of drug-likeness (QED) is 0.877. The van der Waals surface area contributed by atoms with Crippen molar-refractivity contribution >= 4 is 27.7 Å². The van der Waals surface area contributed by atoms with Crippen molar-refractivity contribution in [2.24, 2.45) is 11.7 Å². The maximum atomic E-state index is 12.4. The van der Waals surface area contributed by atoms with Crippen molar-refractivity contribution in [3.8, 4) is 0 Å². The van der Waals surface area contributed by atoms with Crippen LogP contribution in [0.1, 0.15) is 12.0 Å². The zero-order valence-electron chi connectivity index (χ0n) is 11.0. The largest absolute Gasteiger partial charge is 0.381 e. The number of ether oxygens (including phenoxy) is 1. The van der Waals surface area contributed by atoms with Crippen molar-refractivity contribution in [2.75, 3.05) is 19.8 Å². The van der Waals surface area contributed by atoms with Crippen molar-refractivity contribution in [3.05, 3.63) is 34.3 Å². The number of carbonyl (C=O) groups excluding carboxylic acids is 2. The van der Waals surface area contributed by atoms with Crippen LogP contribution in [0.15, 0.2) is 28.7 Å². The summed E-state index contributed by atoms with van der Waals surface area (Å²) in [5.74, 6) is -0.733. The summed E-state index contributed by atoms with van der Waals surface area (Å²) in [6, 6.07) is 7.63. The van der Waals surface area contributed by atoms with Crippen molar-refractivity contribution in [1.29, 1.82) is 0 Å². The van der Waals surface area contributed by atoms with Gasteiger partial charge in [-0.05, 0) is 24.1 Å². The zero-order chi connectivity index (χ0) is 14.5. The first kappa shape index (κ1) is 15.0. The van der Waals surface area contributed by atoms with Crippen molar-refractivity contribution in [1.82, 2.24) is 4.90 Å². The molecule has 1 aliphatic heterocycles. The van der Waals surface area contributed by atoms with Gasteiger partial charge in [0.05, 0.1) is 19.1 Å². The smallest absolute Gasteiger partial charge is 0.237 e. The van der Waals surface area contributed by atoms with Crippen molar-refractivity contribution < 1.29 is 14.3 Å². The Morgan fingerprint density at radius 3 is 2.60 bits per heavy atom. The van der Waals surface area contributed by atoms with Crippen LogP contribution in [0.2, 0.25) is 0 Å². The van der Waals surface area contributed by atoms with Gasteiger partial charge < -0.3 is 15.4 Å². The molecule has 1 saturated heterocycles. The minimum atomic E-state index is -0.505. The molecule has 0 saturated carbocycles. The molecule has 2 N–H and O–H groups in total. The lowest BCUT2D eigenvalue weighted by Crippen LogP contribution is -2.41. The Labute approximate surface area is 126 Å². The molecule has 5 nitrogen and oxygen atoms in total. The number of benzene rings is 1. The summed E-state index contributed by atoms with van der Waals surface area (Å²) < 4.78 is 6.20. The second-order valence-electron chi connectivity index (χ2n) is 4.85. The minimum Gasteiger partial charge on any atom is -0.381 e. The highest BCUT2D eigenvalue weighted by Gasteiger charge is 2.28. The highest BCUT2D eigenvalue weighted by Crippen LogP contribution is 2.18. The summed E-state index contributed by atoms with van der Waals surface area (Å²) in [7, 11) is 0. The van der Waals surface area contributed by atoms with Crippen LogP contribution < -0.4 is 5.73 Å². The van der Waals surface area contributed by atoms with E-state index in [1.165, 1.54) is 4.90 Å². The van der Waals surface area contributed by atoms with E-state index in [9.17, 15) is 9.59 Å². The first-order valence-electron chi connectivity index (χ1n) is 6.45. The molecule has 2 rings (SSSR count). The molecule has 1 aromatic carbocycles. The molecule has 0 aliphatic carbocycles. The molecule has 0 unspecified atom stereocenters. The Morgan fingerprint density at radius 1 is 1.35 bits per heavy atom. The number of primary amides is 1. The van der Waals surface area contributed by atoms with Crippen LogP contribution in [0.5, 0.6) is 0 Å². The Morgan fingerprint density at radius 2 is 2.05 bits per heavy atom. The predicted octanol–water partition coefficient (Wildman–Crippen LogP) is 1.30. The zero-order valence-corrected chi connectivity index (χ0v) is 12.6. The van der Waals surface area contributed by atoms with Gasteiger partial charge in [0.25, 0.3) is 0 Å². The van der Waals surface area contributed by atoms with Gasteiger partial charge in [0.2, 0.25) is 11.8 Å². The van der Waals surface area contributed by atoms with Gasteiger partial charge in [0.1, 0.15) is 0 Å². The molecule has 0 spiro atoms. The predicted molar refractivity (Wildman–Crippen MR) is 77.7 cm³/mol. The van der Waals surface area contributed by atoms with Gasteiger partial charge in [0, 0.05) is 17.6 Å². The SMILES string of the molecule is NC(=O)CN(Cc1ccc(Br)cc1)C(=O)[C@@H]1CCOC1. The molecule has 1 heterocycles. The molecule has 1 aliphatic rings. The van der Waals surface area contributed by atoms with Gasteiger partial charge in [0.15, 0.2) is 0 Å². The summed E-state index contributed by atoms with van der Waals surface area (Å²) in [6.45, 7) is 1.34. The van der Waals surface area contributed by atoms with E-state index >= 15 is 0 Å². The van der Waals surface area contributed by atoms with Crippen LogP contribution in [0, 0.1) is 5.92 Å². The second kappa shape index (κ2) is 6.85. The number of amides is 2. The van der Waals surface area contributed by atoms with Crippen LogP contribution >= 0.6 is 15.9 Å².